The Bertz CT molecular complexity index is 398. The van der Waals surface area contributed by atoms with Gasteiger partial charge in [-0.1, -0.05) is 51.3 Å². The highest BCUT2D eigenvalue weighted by atomic mass is 14.4. The molecule has 0 unspecified atom stereocenters. The first-order chi connectivity index (χ1) is 6.82. The van der Waals surface area contributed by atoms with Gasteiger partial charge in [0.25, 0.3) is 0 Å². The Morgan fingerprint density at radius 1 is 1.33 bits per heavy atom. The van der Waals surface area contributed by atoms with Crippen molar-refractivity contribution in [3.05, 3.63) is 59.8 Å². The number of hydrogen-bond acceptors (Lipinski definition) is 0. The van der Waals surface area contributed by atoms with Gasteiger partial charge in [0, 0.05) is 5.41 Å². The number of hydrogen-bond donors (Lipinski definition) is 0. The van der Waals surface area contributed by atoms with Crippen LogP contribution in [0.5, 0.6) is 0 Å². The van der Waals surface area contributed by atoms with Crippen LogP contribution in [-0.4, -0.2) is 0 Å². The molecule has 15 heavy (non-hydrogen) atoms. The molecule has 0 spiro atoms. The smallest absolute Gasteiger partial charge is 0.0155 e. The summed E-state index contributed by atoms with van der Waals surface area (Å²) in [5.74, 6) is 0. The van der Waals surface area contributed by atoms with E-state index in [9.17, 15) is 0 Å². The Hall–Kier alpha value is -1.30. The van der Waals surface area contributed by atoms with E-state index >= 15 is 0 Å². The molecule has 0 atom stereocenters. The van der Waals surface area contributed by atoms with Gasteiger partial charge in [0.1, 0.15) is 0 Å². The van der Waals surface area contributed by atoms with Crippen molar-refractivity contribution in [3.8, 4) is 0 Å². The lowest BCUT2D eigenvalue weighted by atomic mass is 9.80. The molecular formula is C15H20. The SMILES string of the molecule is C=CC1=C(C)C(=C)/C(=C\C(=C)C)C1(C)C. The highest BCUT2D eigenvalue weighted by Crippen LogP contribution is 2.49. The van der Waals surface area contributed by atoms with Crippen LogP contribution in [-0.2, 0) is 0 Å². The maximum absolute atomic E-state index is 4.15. The second kappa shape index (κ2) is 3.69. The first-order valence-corrected chi connectivity index (χ1v) is 5.23. The fourth-order valence-electron chi connectivity index (χ4n) is 2.28. The van der Waals surface area contributed by atoms with Crippen LogP contribution in [0.15, 0.2) is 59.8 Å². The zero-order chi connectivity index (χ0) is 11.8. The fraction of sp³-hybridized carbons (Fsp3) is 0.333. The van der Waals surface area contributed by atoms with Gasteiger partial charge in [0.2, 0.25) is 0 Å². The molecule has 0 saturated heterocycles. The van der Waals surface area contributed by atoms with Crippen molar-refractivity contribution in [2.45, 2.75) is 27.7 Å². The van der Waals surface area contributed by atoms with Gasteiger partial charge >= 0.3 is 0 Å². The van der Waals surface area contributed by atoms with E-state index in [-0.39, 0.29) is 5.41 Å². The molecule has 0 aliphatic heterocycles. The van der Waals surface area contributed by atoms with Crippen molar-refractivity contribution in [2.24, 2.45) is 5.41 Å². The number of allylic oxidation sites excluding steroid dienone is 7. The first-order valence-electron chi connectivity index (χ1n) is 5.23. The molecule has 0 amide bonds. The van der Waals surface area contributed by atoms with E-state index in [4.69, 9.17) is 0 Å². The molecule has 0 heterocycles. The maximum atomic E-state index is 4.15. The van der Waals surface area contributed by atoms with E-state index in [1.165, 1.54) is 16.7 Å². The van der Waals surface area contributed by atoms with Crippen LogP contribution in [0.3, 0.4) is 0 Å². The standard InChI is InChI=1S/C15H20/c1-8-13-11(4)12(5)14(9-10(2)3)15(13,6)7/h8-9H,1-2,5H2,3-4,6-7H3/b14-9+. The lowest BCUT2D eigenvalue weighted by Crippen LogP contribution is -2.12. The average Bonchev–Trinajstić information content (AvgIpc) is 2.26. The summed E-state index contributed by atoms with van der Waals surface area (Å²) in [4.78, 5) is 0. The van der Waals surface area contributed by atoms with Crippen LogP contribution < -0.4 is 0 Å². The fourth-order valence-corrected chi connectivity index (χ4v) is 2.28. The van der Waals surface area contributed by atoms with E-state index in [1.54, 1.807) is 0 Å². The molecular weight excluding hydrogens is 180 g/mol. The molecule has 0 radical (unpaired) electrons. The molecule has 0 aromatic rings. The zero-order valence-electron chi connectivity index (χ0n) is 10.3. The second-order valence-corrected chi connectivity index (χ2v) is 4.75. The molecule has 1 aliphatic rings. The largest absolute Gasteiger partial charge is 0.0987 e. The molecule has 0 N–H and O–H groups in total. The highest BCUT2D eigenvalue weighted by Gasteiger charge is 2.35. The third-order valence-corrected chi connectivity index (χ3v) is 3.12. The van der Waals surface area contributed by atoms with E-state index in [0.29, 0.717) is 0 Å². The molecule has 0 fully saturated rings. The van der Waals surface area contributed by atoms with Crippen molar-refractivity contribution >= 4 is 0 Å². The van der Waals surface area contributed by atoms with Gasteiger partial charge in [0.15, 0.2) is 0 Å². The van der Waals surface area contributed by atoms with Crippen molar-refractivity contribution in [1.82, 2.24) is 0 Å². The van der Waals surface area contributed by atoms with Crippen molar-refractivity contribution in [2.75, 3.05) is 0 Å². The van der Waals surface area contributed by atoms with Gasteiger partial charge in [-0.05, 0) is 36.1 Å². The second-order valence-electron chi connectivity index (χ2n) is 4.75. The van der Waals surface area contributed by atoms with Crippen LogP contribution in [0.1, 0.15) is 27.7 Å². The van der Waals surface area contributed by atoms with Crippen LogP contribution in [0, 0.1) is 5.41 Å². The van der Waals surface area contributed by atoms with Crippen molar-refractivity contribution < 1.29 is 0 Å². The third kappa shape index (κ3) is 1.77. The monoisotopic (exact) mass is 200 g/mol. The van der Waals surface area contributed by atoms with E-state index in [2.05, 4.69) is 46.6 Å². The summed E-state index contributed by atoms with van der Waals surface area (Å²) in [6.07, 6.45) is 4.07. The predicted molar refractivity (Wildman–Crippen MR) is 68.7 cm³/mol. The third-order valence-electron chi connectivity index (χ3n) is 3.12. The van der Waals surface area contributed by atoms with Crippen LogP contribution in [0.4, 0.5) is 0 Å². The van der Waals surface area contributed by atoms with Crippen molar-refractivity contribution in [3.63, 3.8) is 0 Å². The Kier molecular flexibility index (Phi) is 2.90. The molecule has 0 nitrogen and oxygen atoms in total. The van der Waals surface area contributed by atoms with Gasteiger partial charge < -0.3 is 0 Å². The minimum atomic E-state index is 0.0157. The molecule has 80 valence electrons. The molecule has 0 bridgehead atoms. The Morgan fingerprint density at radius 3 is 2.20 bits per heavy atom. The molecule has 0 heteroatoms. The lowest BCUT2D eigenvalue weighted by Gasteiger charge is -2.23. The molecule has 0 aromatic heterocycles. The van der Waals surface area contributed by atoms with E-state index in [1.807, 2.05) is 13.0 Å². The summed E-state index contributed by atoms with van der Waals surface area (Å²) in [7, 11) is 0. The minimum absolute atomic E-state index is 0.0157. The van der Waals surface area contributed by atoms with Gasteiger partial charge in [-0.15, -0.1) is 0 Å². The first kappa shape index (κ1) is 11.8. The van der Waals surface area contributed by atoms with E-state index < -0.39 is 0 Å². The molecule has 0 saturated carbocycles. The topological polar surface area (TPSA) is 0 Å². The van der Waals surface area contributed by atoms with Gasteiger partial charge in [-0.3, -0.25) is 0 Å². The van der Waals surface area contributed by atoms with Crippen LogP contribution >= 0.6 is 0 Å². The summed E-state index contributed by atoms with van der Waals surface area (Å²) >= 11 is 0. The molecule has 1 aliphatic carbocycles. The molecule has 0 aromatic carbocycles. The minimum Gasteiger partial charge on any atom is -0.0987 e. The molecule has 1 rings (SSSR count). The van der Waals surface area contributed by atoms with Gasteiger partial charge in [0.05, 0.1) is 0 Å². The lowest BCUT2D eigenvalue weighted by molar-refractivity contribution is 0.578. The average molecular weight is 200 g/mol. The summed E-state index contributed by atoms with van der Waals surface area (Å²) < 4.78 is 0. The van der Waals surface area contributed by atoms with Gasteiger partial charge in [-0.2, -0.15) is 0 Å². The van der Waals surface area contributed by atoms with Crippen LogP contribution in [0.2, 0.25) is 0 Å². The highest BCUT2D eigenvalue weighted by molar-refractivity contribution is 5.63. The Morgan fingerprint density at radius 2 is 1.87 bits per heavy atom. The van der Waals surface area contributed by atoms with E-state index in [0.717, 1.165) is 11.1 Å². The van der Waals surface area contributed by atoms with Gasteiger partial charge in [-0.25, -0.2) is 0 Å². The van der Waals surface area contributed by atoms with Crippen LogP contribution in [0.25, 0.3) is 0 Å². The predicted octanol–water partition coefficient (Wildman–Crippen LogP) is 4.59. The maximum Gasteiger partial charge on any atom is 0.0155 e. The Balaban J connectivity index is 3.37. The summed E-state index contributed by atoms with van der Waals surface area (Å²) in [6.45, 7) is 20.5. The summed E-state index contributed by atoms with van der Waals surface area (Å²) in [5, 5.41) is 0. The zero-order valence-corrected chi connectivity index (χ0v) is 10.3. The number of rotatable bonds is 2. The summed E-state index contributed by atoms with van der Waals surface area (Å²) in [6, 6.07) is 0. The Labute approximate surface area is 93.4 Å². The summed E-state index contributed by atoms with van der Waals surface area (Å²) in [5.41, 5.74) is 6.00. The quantitative estimate of drug-likeness (QED) is 0.611. The normalized spacial score (nSPS) is 22.4. The van der Waals surface area contributed by atoms with Crippen molar-refractivity contribution in [1.29, 1.82) is 0 Å².